The number of nitriles is 1. The Morgan fingerprint density at radius 2 is 1.84 bits per heavy atom. The maximum Gasteiger partial charge on any atom is 0.509 e. The van der Waals surface area contributed by atoms with Crippen LogP contribution in [0.25, 0.3) is 0 Å². The van der Waals surface area contributed by atoms with E-state index in [0.717, 1.165) is 25.3 Å². The molecule has 0 spiro atoms. The number of fused-ring (bicyclic) bond motifs is 7. The summed E-state index contributed by atoms with van der Waals surface area (Å²) in [4.78, 5) is 40.0. The minimum Gasteiger partial charge on any atom is -0.447 e. The largest absolute Gasteiger partial charge is 0.509 e. The molecule has 0 amide bonds. The van der Waals surface area contributed by atoms with Crippen LogP contribution in [0.15, 0.2) is 23.8 Å². The van der Waals surface area contributed by atoms with Crippen molar-refractivity contribution in [3.63, 3.8) is 0 Å². The van der Waals surface area contributed by atoms with Gasteiger partial charge in [-0.2, -0.15) is 5.26 Å². The lowest BCUT2D eigenvalue weighted by Gasteiger charge is -2.63. The van der Waals surface area contributed by atoms with Crippen LogP contribution in [0.2, 0.25) is 0 Å². The molecular weight excluding hydrogens is 572 g/mol. The second-order valence-electron chi connectivity index (χ2n) is 15.7. The first kappa shape index (κ1) is 31.2. The number of ketones is 1. The molecule has 44 heavy (non-hydrogen) atoms. The minimum absolute atomic E-state index is 0.000981. The van der Waals surface area contributed by atoms with Crippen LogP contribution < -0.4 is 0 Å². The number of hydrogen-bond donors (Lipinski definition) is 1. The first-order valence-corrected chi connectivity index (χ1v) is 15.8. The highest BCUT2D eigenvalue weighted by Gasteiger charge is 2.79. The zero-order chi connectivity index (χ0) is 32.3. The van der Waals surface area contributed by atoms with Crippen LogP contribution in [-0.2, 0) is 23.8 Å². The standard InChI is InChI=1S/C34H43F2NO7/c1-18-13-21-22-15-24(35)23-14-20(38)8-10-31(23,5)33(22,36)25(39)17-32(21,6)34(18,27(40)42-12-11-37)44-28(41)43-26-29(2,3)19-7-9-30(26,4)16-19/h8,10,14,18-19,21-22,24-26,39H,7,9,12-13,15-17H2,1-6H3/t18-,19+,21+,22+,24+,25+,26+,30-,31+,32+,33?,34-/m1/s1. The van der Waals surface area contributed by atoms with E-state index in [4.69, 9.17) is 14.2 Å². The Morgan fingerprint density at radius 3 is 2.48 bits per heavy atom. The fourth-order valence-electron chi connectivity index (χ4n) is 11.2. The van der Waals surface area contributed by atoms with Gasteiger partial charge in [0.25, 0.3) is 0 Å². The highest BCUT2D eigenvalue weighted by molar-refractivity contribution is 6.01. The molecule has 6 aliphatic rings. The highest BCUT2D eigenvalue weighted by Crippen LogP contribution is 2.72. The highest BCUT2D eigenvalue weighted by atomic mass is 19.1. The second kappa shape index (κ2) is 9.60. The smallest absolute Gasteiger partial charge is 0.447 e. The second-order valence-corrected chi connectivity index (χ2v) is 15.7. The van der Waals surface area contributed by atoms with Gasteiger partial charge < -0.3 is 19.3 Å². The Kier molecular flexibility index (Phi) is 6.81. The van der Waals surface area contributed by atoms with Crippen molar-refractivity contribution in [3.8, 4) is 6.07 Å². The zero-order valence-electron chi connectivity index (χ0n) is 26.3. The van der Waals surface area contributed by atoms with E-state index >= 15 is 8.78 Å². The third kappa shape index (κ3) is 3.71. The van der Waals surface area contributed by atoms with Gasteiger partial charge in [-0.25, -0.2) is 18.4 Å². The van der Waals surface area contributed by atoms with Crippen LogP contribution >= 0.6 is 0 Å². The molecule has 8 nitrogen and oxygen atoms in total. The van der Waals surface area contributed by atoms with Gasteiger partial charge in [-0.1, -0.05) is 40.7 Å². The topological polar surface area (TPSA) is 123 Å². The van der Waals surface area contributed by atoms with E-state index < -0.39 is 82.7 Å². The summed E-state index contributed by atoms with van der Waals surface area (Å²) in [6.45, 7) is 10.5. The maximum absolute atomic E-state index is 17.7. The Bertz CT molecular complexity index is 1400. The van der Waals surface area contributed by atoms with Crippen molar-refractivity contribution < 1.29 is 42.5 Å². The summed E-state index contributed by atoms with van der Waals surface area (Å²) in [6.07, 6.45) is 1.23. The molecule has 0 radical (unpaired) electrons. The van der Waals surface area contributed by atoms with E-state index in [1.807, 2.05) is 0 Å². The van der Waals surface area contributed by atoms with E-state index in [1.54, 1.807) is 19.9 Å². The fourth-order valence-corrected chi connectivity index (χ4v) is 11.2. The van der Waals surface area contributed by atoms with E-state index in [2.05, 4.69) is 20.8 Å². The molecule has 0 aromatic heterocycles. The molecule has 6 aliphatic carbocycles. The number of allylic oxidation sites excluding steroid dienone is 4. The average molecular weight is 616 g/mol. The van der Waals surface area contributed by atoms with Crippen LogP contribution in [0.4, 0.5) is 13.6 Å². The molecule has 0 saturated heterocycles. The summed E-state index contributed by atoms with van der Waals surface area (Å²) >= 11 is 0. The Morgan fingerprint density at radius 1 is 1.14 bits per heavy atom. The predicted octanol–water partition coefficient (Wildman–Crippen LogP) is 5.72. The molecule has 0 aromatic carbocycles. The molecule has 0 heterocycles. The Labute approximate surface area is 257 Å². The predicted molar refractivity (Wildman–Crippen MR) is 153 cm³/mol. The number of hydrogen-bond acceptors (Lipinski definition) is 8. The van der Waals surface area contributed by atoms with Crippen molar-refractivity contribution in [2.45, 2.75) is 110 Å². The van der Waals surface area contributed by atoms with E-state index in [1.165, 1.54) is 19.1 Å². The van der Waals surface area contributed by atoms with Crippen LogP contribution in [0.1, 0.15) is 80.1 Å². The van der Waals surface area contributed by atoms with Crippen LogP contribution in [0.5, 0.6) is 0 Å². The molecule has 1 unspecified atom stereocenters. The van der Waals surface area contributed by atoms with Gasteiger partial charge >= 0.3 is 12.1 Å². The van der Waals surface area contributed by atoms with E-state index in [0.29, 0.717) is 5.92 Å². The Balaban J connectivity index is 1.39. The lowest BCUT2D eigenvalue weighted by atomic mass is 9.44. The summed E-state index contributed by atoms with van der Waals surface area (Å²) in [7, 11) is 0. The van der Waals surface area contributed by atoms with Crippen LogP contribution in [0, 0.1) is 56.7 Å². The number of rotatable bonds is 4. The molecule has 5 fully saturated rings. The molecule has 6 rings (SSSR count). The molecule has 240 valence electrons. The lowest BCUT2D eigenvalue weighted by Crippen LogP contribution is -2.71. The number of carbonyl (C=O) groups is 3. The number of alkyl halides is 2. The SMILES string of the molecule is C[C@@H]1C[C@H]2[C@@H]3C[C@H](F)C4=CC(=O)C=C[C@]4(C)C3(F)[C@@H](O)C[C@]2(C)[C@]1(OC(=O)O[C@H]1C(C)(C)[C@H]2CC[C@]1(C)C2)C(=O)OCC#N. The van der Waals surface area contributed by atoms with Gasteiger partial charge in [0.15, 0.2) is 18.1 Å². The number of aliphatic hydroxyl groups is 1. The molecule has 0 aliphatic heterocycles. The van der Waals surface area contributed by atoms with Crippen molar-refractivity contribution >= 4 is 17.9 Å². The molecular formula is C34H43F2NO7. The van der Waals surface area contributed by atoms with Crippen molar-refractivity contribution in [1.82, 2.24) is 0 Å². The van der Waals surface area contributed by atoms with Gasteiger partial charge in [-0.15, -0.1) is 0 Å². The summed E-state index contributed by atoms with van der Waals surface area (Å²) in [6, 6.07) is 1.78. The number of nitrogens with zero attached hydrogens (tertiary/aromatic N) is 1. The van der Waals surface area contributed by atoms with Gasteiger partial charge in [0, 0.05) is 33.5 Å². The van der Waals surface area contributed by atoms with E-state index in [9.17, 15) is 24.8 Å². The summed E-state index contributed by atoms with van der Waals surface area (Å²) < 4.78 is 51.1. The van der Waals surface area contributed by atoms with Gasteiger partial charge in [0.1, 0.15) is 18.3 Å². The first-order chi connectivity index (χ1) is 20.4. The zero-order valence-corrected chi connectivity index (χ0v) is 26.3. The van der Waals surface area contributed by atoms with Crippen molar-refractivity contribution in [3.05, 3.63) is 23.8 Å². The Hall–Kier alpha value is -2.80. The third-order valence-electron chi connectivity index (χ3n) is 13.3. The first-order valence-electron chi connectivity index (χ1n) is 15.8. The van der Waals surface area contributed by atoms with Crippen LogP contribution in [-0.4, -0.2) is 59.3 Å². The quantitative estimate of drug-likeness (QED) is 0.398. The minimum atomic E-state index is -2.36. The monoisotopic (exact) mass is 615 g/mol. The van der Waals surface area contributed by atoms with Gasteiger partial charge in [0.2, 0.25) is 5.60 Å². The molecule has 0 aromatic rings. The maximum atomic E-state index is 17.7. The van der Waals surface area contributed by atoms with Crippen molar-refractivity contribution in [2.24, 2.45) is 45.3 Å². The summed E-state index contributed by atoms with van der Waals surface area (Å²) in [5, 5.41) is 20.9. The van der Waals surface area contributed by atoms with Gasteiger partial charge in [-0.05, 0) is 75.0 Å². The number of esters is 1. The number of aliphatic hydroxyl groups excluding tert-OH is 1. The molecule has 5 saturated carbocycles. The number of carbonyl (C=O) groups excluding carboxylic acids is 3. The van der Waals surface area contributed by atoms with Crippen LogP contribution in [0.3, 0.4) is 0 Å². The van der Waals surface area contributed by atoms with Crippen molar-refractivity contribution in [1.29, 1.82) is 5.26 Å². The molecule has 2 bridgehead atoms. The summed E-state index contributed by atoms with van der Waals surface area (Å²) in [5.74, 6) is -3.56. The number of halogens is 2. The summed E-state index contributed by atoms with van der Waals surface area (Å²) in [5.41, 5.74) is -7.93. The molecule has 12 atom stereocenters. The lowest BCUT2D eigenvalue weighted by molar-refractivity contribution is -0.235. The third-order valence-corrected chi connectivity index (χ3v) is 13.3. The number of ether oxygens (including phenoxy) is 3. The van der Waals surface area contributed by atoms with E-state index in [-0.39, 0.29) is 35.7 Å². The normalized spacial score (nSPS) is 49.7. The molecule has 1 N–H and O–H groups in total. The van der Waals surface area contributed by atoms with Gasteiger partial charge in [0.05, 0.1) is 6.10 Å². The fraction of sp³-hybridized carbons (Fsp3) is 0.765. The molecule has 10 heteroatoms. The average Bonchev–Trinajstić information content (AvgIpc) is 3.51. The van der Waals surface area contributed by atoms with Gasteiger partial charge in [-0.3, -0.25) is 4.79 Å². The van der Waals surface area contributed by atoms with Crippen molar-refractivity contribution in [2.75, 3.05) is 6.61 Å².